The van der Waals surface area contributed by atoms with E-state index in [1.54, 1.807) is 6.07 Å². The molecule has 1 saturated heterocycles. The molecule has 32 heavy (non-hydrogen) atoms. The Morgan fingerprint density at radius 1 is 1.06 bits per heavy atom. The van der Waals surface area contributed by atoms with Crippen molar-refractivity contribution in [1.82, 2.24) is 20.2 Å². The van der Waals surface area contributed by atoms with E-state index >= 15 is 0 Å². The number of hydrogen-bond acceptors (Lipinski definition) is 6. The van der Waals surface area contributed by atoms with Crippen molar-refractivity contribution in [1.29, 1.82) is 0 Å². The Morgan fingerprint density at radius 3 is 2.62 bits per heavy atom. The van der Waals surface area contributed by atoms with Crippen LogP contribution in [0.25, 0.3) is 22.4 Å². The number of morpholine rings is 1. The van der Waals surface area contributed by atoms with Crippen LogP contribution in [0.2, 0.25) is 0 Å². The molecular formula is C22H26Cl2FN5O2. The predicted molar refractivity (Wildman–Crippen MR) is 128 cm³/mol. The molecule has 0 atom stereocenters. The van der Waals surface area contributed by atoms with E-state index in [2.05, 4.69) is 25.2 Å². The van der Waals surface area contributed by atoms with Crippen molar-refractivity contribution in [2.75, 3.05) is 52.5 Å². The average molecular weight is 482 g/mol. The Bertz CT molecular complexity index is 1090. The maximum absolute atomic E-state index is 14.6. The van der Waals surface area contributed by atoms with Crippen molar-refractivity contribution in [3.63, 3.8) is 0 Å². The van der Waals surface area contributed by atoms with E-state index in [1.165, 1.54) is 6.07 Å². The van der Waals surface area contributed by atoms with Gasteiger partial charge in [0.05, 0.1) is 30.8 Å². The first-order chi connectivity index (χ1) is 14.8. The molecule has 7 nitrogen and oxygen atoms in total. The fourth-order valence-electron chi connectivity index (χ4n) is 3.76. The number of aromatic amines is 1. The van der Waals surface area contributed by atoms with Crippen LogP contribution in [0.4, 0.5) is 4.39 Å². The molecule has 2 aliphatic heterocycles. The summed E-state index contributed by atoms with van der Waals surface area (Å²) in [5.41, 5.74) is 3.43. The maximum atomic E-state index is 14.6. The van der Waals surface area contributed by atoms with Crippen LogP contribution in [0.3, 0.4) is 0 Å². The lowest BCUT2D eigenvalue weighted by Crippen LogP contribution is -2.38. The summed E-state index contributed by atoms with van der Waals surface area (Å²) in [7, 11) is 0. The number of ether oxygens (including phenoxy) is 2. The smallest absolute Gasteiger partial charge is 0.165 e. The SMILES string of the molecule is Cl.Cl.Fc1cc(-c2nc3ccc(C4=NCCN4)cc3[nH]2)ccc1OCCN1CCOCC1. The summed E-state index contributed by atoms with van der Waals surface area (Å²) in [6.07, 6.45) is 0. The fraction of sp³-hybridized carbons (Fsp3) is 0.364. The van der Waals surface area contributed by atoms with Crippen LogP contribution in [0.5, 0.6) is 5.75 Å². The lowest BCUT2D eigenvalue weighted by molar-refractivity contribution is 0.0320. The molecular weight excluding hydrogens is 456 g/mol. The number of aliphatic imine (C=N–C) groups is 1. The van der Waals surface area contributed by atoms with Gasteiger partial charge in [0.15, 0.2) is 11.6 Å². The van der Waals surface area contributed by atoms with E-state index in [9.17, 15) is 4.39 Å². The minimum absolute atomic E-state index is 0. The average Bonchev–Trinajstić information content (AvgIpc) is 3.45. The Hall–Kier alpha value is -2.39. The predicted octanol–water partition coefficient (Wildman–Crippen LogP) is 3.27. The fourth-order valence-corrected chi connectivity index (χ4v) is 3.76. The Kier molecular flexibility index (Phi) is 8.31. The third-order valence-electron chi connectivity index (χ3n) is 5.40. The molecule has 3 heterocycles. The Balaban J connectivity index is 0.00000144. The number of fused-ring (bicyclic) bond motifs is 1. The molecule has 1 fully saturated rings. The largest absolute Gasteiger partial charge is 0.489 e. The number of nitrogens with one attached hydrogen (secondary N) is 2. The third kappa shape index (κ3) is 5.32. The Morgan fingerprint density at radius 2 is 1.88 bits per heavy atom. The molecule has 2 N–H and O–H groups in total. The number of rotatable bonds is 6. The zero-order valence-electron chi connectivity index (χ0n) is 17.5. The first-order valence-corrected chi connectivity index (χ1v) is 10.3. The van der Waals surface area contributed by atoms with Crippen molar-refractivity contribution < 1.29 is 13.9 Å². The summed E-state index contributed by atoms with van der Waals surface area (Å²) in [5.74, 6) is 1.40. The summed E-state index contributed by atoms with van der Waals surface area (Å²) in [6.45, 7) is 6.13. The van der Waals surface area contributed by atoms with Gasteiger partial charge >= 0.3 is 0 Å². The van der Waals surface area contributed by atoms with Gasteiger partial charge in [0, 0.05) is 37.3 Å². The summed E-state index contributed by atoms with van der Waals surface area (Å²) >= 11 is 0. The monoisotopic (exact) mass is 481 g/mol. The van der Waals surface area contributed by atoms with Crippen LogP contribution in [-0.4, -0.2) is 73.2 Å². The molecule has 10 heteroatoms. The number of imidazole rings is 1. The van der Waals surface area contributed by atoms with Crippen LogP contribution < -0.4 is 10.1 Å². The van der Waals surface area contributed by atoms with Crippen LogP contribution in [0.1, 0.15) is 5.56 Å². The minimum atomic E-state index is -0.389. The molecule has 1 aromatic heterocycles. The van der Waals surface area contributed by atoms with Gasteiger partial charge in [-0.3, -0.25) is 9.89 Å². The van der Waals surface area contributed by atoms with Gasteiger partial charge in [-0.05, 0) is 36.4 Å². The lowest BCUT2D eigenvalue weighted by atomic mass is 10.2. The molecule has 172 valence electrons. The standard InChI is InChI=1S/C22H24FN5O2.2ClH/c23-17-13-15(2-4-20(17)30-12-9-28-7-10-29-11-8-28)22-26-18-3-1-16(14-19(18)27-22)21-24-5-6-25-21;;/h1-4,13-14H,5-12H2,(H,24,25)(H,26,27);2*1H. The van der Waals surface area contributed by atoms with E-state index in [0.29, 0.717) is 18.0 Å². The number of H-pyrrole nitrogens is 1. The highest BCUT2D eigenvalue weighted by atomic mass is 35.5. The van der Waals surface area contributed by atoms with Crippen LogP contribution >= 0.6 is 24.8 Å². The molecule has 3 aromatic rings. The third-order valence-corrected chi connectivity index (χ3v) is 5.40. The van der Waals surface area contributed by atoms with E-state index in [0.717, 1.165) is 68.4 Å². The Labute approximate surface area is 198 Å². The number of amidine groups is 1. The summed E-state index contributed by atoms with van der Waals surface area (Å²) in [6, 6.07) is 10.9. The number of aromatic nitrogens is 2. The molecule has 0 unspecified atom stereocenters. The maximum Gasteiger partial charge on any atom is 0.165 e. The first kappa shape index (κ1) is 24.3. The van der Waals surface area contributed by atoms with Crippen LogP contribution in [0.15, 0.2) is 41.4 Å². The van der Waals surface area contributed by atoms with E-state index in [-0.39, 0.29) is 36.4 Å². The van der Waals surface area contributed by atoms with Gasteiger partial charge in [-0.1, -0.05) is 0 Å². The quantitative estimate of drug-likeness (QED) is 0.564. The van der Waals surface area contributed by atoms with Crippen molar-refractivity contribution >= 4 is 41.7 Å². The zero-order chi connectivity index (χ0) is 20.3. The summed E-state index contributed by atoms with van der Waals surface area (Å²) in [4.78, 5) is 14.6. The molecule has 0 bridgehead atoms. The van der Waals surface area contributed by atoms with Gasteiger partial charge in [-0.2, -0.15) is 0 Å². The number of hydrogen-bond donors (Lipinski definition) is 2. The van der Waals surface area contributed by atoms with Gasteiger partial charge in [0.2, 0.25) is 0 Å². The lowest BCUT2D eigenvalue weighted by Gasteiger charge is -2.26. The van der Waals surface area contributed by atoms with E-state index in [1.807, 2.05) is 24.3 Å². The molecule has 0 spiro atoms. The number of halogens is 3. The zero-order valence-corrected chi connectivity index (χ0v) is 19.1. The molecule has 0 radical (unpaired) electrons. The van der Waals surface area contributed by atoms with Crippen molar-refractivity contribution in [2.45, 2.75) is 0 Å². The normalized spacial score (nSPS) is 16.1. The van der Waals surface area contributed by atoms with Gasteiger partial charge < -0.3 is 19.8 Å². The van der Waals surface area contributed by atoms with E-state index < -0.39 is 0 Å². The van der Waals surface area contributed by atoms with E-state index in [4.69, 9.17) is 9.47 Å². The highest BCUT2D eigenvalue weighted by Crippen LogP contribution is 2.26. The number of benzene rings is 2. The molecule has 0 saturated carbocycles. The molecule has 0 amide bonds. The second kappa shape index (κ2) is 11.0. The van der Waals surface area contributed by atoms with Crippen LogP contribution in [-0.2, 0) is 4.74 Å². The van der Waals surface area contributed by atoms with Gasteiger partial charge in [-0.15, -0.1) is 24.8 Å². The van der Waals surface area contributed by atoms with Gasteiger partial charge in [-0.25, -0.2) is 9.37 Å². The van der Waals surface area contributed by atoms with Gasteiger partial charge in [0.1, 0.15) is 18.3 Å². The second-order valence-corrected chi connectivity index (χ2v) is 7.42. The summed E-state index contributed by atoms with van der Waals surface area (Å²) < 4.78 is 25.6. The minimum Gasteiger partial charge on any atom is -0.489 e. The van der Waals surface area contributed by atoms with Crippen molar-refractivity contribution in [2.24, 2.45) is 4.99 Å². The van der Waals surface area contributed by atoms with Gasteiger partial charge in [0.25, 0.3) is 0 Å². The molecule has 2 aromatic carbocycles. The second-order valence-electron chi connectivity index (χ2n) is 7.42. The highest BCUT2D eigenvalue weighted by Gasteiger charge is 2.14. The molecule has 2 aliphatic rings. The topological polar surface area (TPSA) is 74.8 Å². The highest BCUT2D eigenvalue weighted by molar-refractivity contribution is 6.02. The van der Waals surface area contributed by atoms with Crippen molar-refractivity contribution in [3.8, 4) is 17.1 Å². The summed E-state index contributed by atoms with van der Waals surface area (Å²) in [5, 5.41) is 3.27. The van der Waals surface area contributed by atoms with Crippen LogP contribution in [0, 0.1) is 5.82 Å². The molecule has 0 aliphatic carbocycles. The van der Waals surface area contributed by atoms with Crippen molar-refractivity contribution in [3.05, 3.63) is 47.8 Å². The number of nitrogens with zero attached hydrogens (tertiary/aromatic N) is 3. The molecule has 5 rings (SSSR count). The first-order valence-electron chi connectivity index (χ1n) is 10.3.